The summed E-state index contributed by atoms with van der Waals surface area (Å²) in [5.74, 6) is -0.409. The molecule has 4 nitrogen and oxygen atoms in total. The van der Waals surface area contributed by atoms with Gasteiger partial charge in [0.2, 0.25) is 0 Å². The Bertz CT molecular complexity index is 1190. The normalized spacial score (nSPS) is 12.3. The van der Waals surface area contributed by atoms with Gasteiger partial charge in [-0.15, -0.1) is 0 Å². The number of hydrogen-bond donors (Lipinski definition) is 1. The molecule has 0 aliphatic rings. The van der Waals surface area contributed by atoms with Gasteiger partial charge in [-0.05, 0) is 67.8 Å². The number of halogens is 2. The Morgan fingerprint density at radius 1 is 1.19 bits per heavy atom. The van der Waals surface area contributed by atoms with Gasteiger partial charge in [-0.3, -0.25) is 4.79 Å². The third-order valence-electron chi connectivity index (χ3n) is 5.13. The summed E-state index contributed by atoms with van der Waals surface area (Å²) < 4.78 is 1.92. The van der Waals surface area contributed by atoms with Crippen molar-refractivity contribution in [2.75, 3.05) is 0 Å². The molecule has 1 heterocycles. The Morgan fingerprint density at radius 2 is 1.97 bits per heavy atom. The maximum absolute atomic E-state index is 12.8. The van der Waals surface area contributed by atoms with E-state index in [4.69, 9.17) is 23.2 Å². The van der Waals surface area contributed by atoms with Crippen molar-refractivity contribution >= 4 is 35.2 Å². The maximum Gasteiger partial charge on any atom is 0.262 e. The SMILES string of the molecule is Cc1ccc(C)c([C@@H](C)NC(=O)/C(C#N)=C/c2cccn2Cc2ccc(Cl)cc2Cl)c1. The smallest absolute Gasteiger partial charge is 0.262 e. The summed E-state index contributed by atoms with van der Waals surface area (Å²) in [5.41, 5.74) is 4.91. The number of carbonyl (C=O) groups is 1. The molecule has 0 spiro atoms. The molecule has 0 radical (unpaired) electrons. The molecule has 31 heavy (non-hydrogen) atoms. The molecule has 1 N–H and O–H groups in total. The van der Waals surface area contributed by atoms with E-state index in [0.717, 1.165) is 27.9 Å². The molecule has 0 saturated carbocycles. The van der Waals surface area contributed by atoms with Crippen molar-refractivity contribution in [2.45, 2.75) is 33.4 Å². The molecule has 2 aromatic carbocycles. The average Bonchev–Trinajstić information content (AvgIpc) is 3.16. The molecular formula is C25H23Cl2N3O. The number of amides is 1. The molecule has 0 saturated heterocycles. The van der Waals surface area contributed by atoms with Gasteiger partial charge >= 0.3 is 0 Å². The molecule has 0 aliphatic heterocycles. The van der Waals surface area contributed by atoms with E-state index in [2.05, 4.69) is 11.4 Å². The topological polar surface area (TPSA) is 57.8 Å². The lowest BCUT2D eigenvalue weighted by atomic mass is 9.99. The van der Waals surface area contributed by atoms with Crippen LogP contribution in [0.3, 0.4) is 0 Å². The summed E-state index contributed by atoms with van der Waals surface area (Å²) in [6.45, 7) is 6.43. The van der Waals surface area contributed by atoms with E-state index < -0.39 is 5.91 Å². The van der Waals surface area contributed by atoms with Gasteiger partial charge in [-0.1, -0.05) is 53.0 Å². The third-order valence-corrected chi connectivity index (χ3v) is 5.71. The highest BCUT2D eigenvalue weighted by atomic mass is 35.5. The molecular weight excluding hydrogens is 429 g/mol. The zero-order valence-electron chi connectivity index (χ0n) is 17.6. The van der Waals surface area contributed by atoms with Crippen molar-refractivity contribution in [2.24, 2.45) is 0 Å². The molecule has 0 unspecified atom stereocenters. The summed E-state index contributed by atoms with van der Waals surface area (Å²) in [5, 5.41) is 13.7. The van der Waals surface area contributed by atoms with E-state index in [1.165, 1.54) is 0 Å². The minimum Gasteiger partial charge on any atom is -0.345 e. The third kappa shape index (κ3) is 5.58. The standard InChI is InChI=1S/C25H23Cl2N3O/c1-16-6-7-17(2)23(11-16)18(3)29-25(31)20(14-28)12-22-5-4-10-30(22)15-19-8-9-21(26)13-24(19)27/h4-13,18H,15H2,1-3H3,(H,29,31)/b20-12+/t18-/m1/s1. The van der Waals surface area contributed by atoms with Crippen LogP contribution in [0.15, 0.2) is 60.3 Å². The number of nitriles is 1. The number of rotatable bonds is 6. The molecule has 1 aromatic heterocycles. The van der Waals surface area contributed by atoms with Gasteiger partial charge in [-0.2, -0.15) is 5.26 Å². The fourth-order valence-corrected chi connectivity index (χ4v) is 3.88. The molecule has 0 fully saturated rings. The summed E-state index contributed by atoms with van der Waals surface area (Å²) in [6, 6.07) is 17.0. The van der Waals surface area contributed by atoms with Crippen LogP contribution in [0.5, 0.6) is 0 Å². The van der Waals surface area contributed by atoms with Crippen LogP contribution in [0, 0.1) is 25.2 Å². The summed E-state index contributed by atoms with van der Waals surface area (Å²) in [7, 11) is 0. The lowest BCUT2D eigenvalue weighted by Crippen LogP contribution is -2.28. The number of aromatic nitrogens is 1. The second-order valence-electron chi connectivity index (χ2n) is 7.52. The monoisotopic (exact) mass is 451 g/mol. The summed E-state index contributed by atoms with van der Waals surface area (Å²) >= 11 is 12.3. The zero-order chi connectivity index (χ0) is 22.5. The van der Waals surface area contributed by atoms with E-state index in [1.54, 1.807) is 18.2 Å². The highest BCUT2D eigenvalue weighted by Gasteiger charge is 2.16. The molecule has 3 aromatic rings. The summed E-state index contributed by atoms with van der Waals surface area (Å²) in [4.78, 5) is 12.8. The van der Waals surface area contributed by atoms with Gasteiger partial charge in [0.05, 0.1) is 6.04 Å². The minimum absolute atomic E-state index is 0.0410. The lowest BCUT2D eigenvalue weighted by Gasteiger charge is -2.17. The Hall–Kier alpha value is -3.00. The van der Waals surface area contributed by atoms with Gasteiger partial charge < -0.3 is 9.88 Å². The molecule has 1 amide bonds. The number of nitrogens with zero attached hydrogens (tertiary/aromatic N) is 2. The first kappa shape index (κ1) is 22.7. The van der Waals surface area contributed by atoms with E-state index in [1.807, 2.05) is 67.9 Å². The number of carbonyl (C=O) groups excluding carboxylic acids is 1. The Morgan fingerprint density at radius 3 is 2.68 bits per heavy atom. The largest absolute Gasteiger partial charge is 0.345 e. The van der Waals surface area contributed by atoms with E-state index in [0.29, 0.717) is 16.6 Å². The van der Waals surface area contributed by atoms with Crippen LogP contribution in [0.25, 0.3) is 6.08 Å². The Labute approximate surface area is 192 Å². The van der Waals surface area contributed by atoms with Crippen molar-refractivity contribution in [1.29, 1.82) is 5.26 Å². The molecule has 3 rings (SSSR count). The van der Waals surface area contributed by atoms with Crippen molar-refractivity contribution < 1.29 is 4.79 Å². The van der Waals surface area contributed by atoms with Crippen LogP contribution in [0.2, 0.25) is 10.0 Å². The molecule has 0 bridgehead atoms. The van der Waals surface area contributed by atoms with Gasteiger partial charge in [0.25, 0.3) is 5.91 Å². The number of aryl methyl sites for hydroxylation is 2. The van der Waals surface area contributed by atoms with Crippen molar-refractivity contribution in [3.63, 3.8) is 0 Å². The molecule has 0 aliphatic carbocycles. The highest BCUT2D eigenvalue weighted by Crippen LogP contribution is 2.23. The van der Waals surface area contributed by atoms with Crippen molar-refractivity contribution in [1.82, 2.24) is 9.88 Å². The van der Waals surface area contributed by atoms with Crippen LogP contribution in [0.4, 0.5) is 0 Å². The van der Waals surface area contributed by atoms with Crippen LogP contribution >= 0.6 is 23.2 Å². The van der Waals surface area contributed by atoms with Gasteiger partial charge in [0.15, 0.2) is 0 Å². The molecule has 1 atom stereocenters. The average molecular weight is 452 g/mol. The van der Waals surface area contributed by atoms with Crippen molar-refractivity contribution in [3.05, 3.63) is 98.3 Å². The second kappa shape index (κ2) is 9.87. The van der Waals surface area contributed by atoms with Crippen LogP contribution in [-0.2, 0) is 11.3 Å². The Balaban J connectivity index is 1.80. The zero-order valence-corrected chi connectivity index (χ0v) is 19.1. The number of nitrogens with one attached hydrogen (secondary N) is 1. The summed E-state index contributed by atoms with van der Waals surface area (Å²) in [6.07, 6.45) is 3.47. The first-order chi connectivity index (χ1) is 14.8. The highest BCUT2D eigenvalue weighted by molar-refractivity contribution is 6.35. The van der Waals surface area contributed by atoms with E-state index in [-0.39, 0.29) is 11.6 Å². The van der Waals surface area contributed by atoms with Gasteiger partial charge in [-0.25, -0.2) is 0 Å². The first-order valence-corrected chi connectivity index (χ1v) is 10.6. The van der Waals surface area contributed by atoms with Crippen LogP contribution in [-0.4, -0.2) is 10.5 Å². The predicted molar refractivity (Wildman–Crippen MR) is 126 cm³/mol. The van der Waals surface area contributed by atoms with E-state index in [9.17, 15) is 10.1 Å². The number of hydrogen-bond acceptors (Lipinski definition) is 2. The van der Waals surface area contributed by atoms with Gasteiger partial charge in [0, 0.05) is 28.5 Å². The van der Waals surface area contributed by atoms with Gasteiger partial charge in [0.1, 0.15) is 11.6 Å². The fraction of sp³-hybridized carbons (Fsp3) is 0.200. The fourth-order valence-electron chi connectivity index (χ4n) is 3.41. The lowest BCUT2D eigenvalue weighted by molar-refractivity contribution is -0.117. The maximum atomic E-state index is 12.8. The molecule has 158 valence electrons. The van der Waals surface area contributed by atoms with Crippen molar-refractivity contribution in [3.8, 4) is 6.07 Å². The minimum atomic E-state index is -0.409. The molecule has 6 heteroatoms. The second-order valence-corrected chi connectivity index (χ2v) is 8.37. The first-order valence-electron chi connectivity index (χ1n) is 9.87. The van der Waals surface area contributed by atoms with Crippen LogP contribution < -0.4 is 5.32 Å². The quantitative estimate of drug-likeness (QED) is 0.355. The van der Waals surface area contributed by atoms with Crippen LogP contribution in [0.1, 0.15) is 40.9 Å². The Kier molecular flexibility index (Phi) is 7.22. The van der Waals surface area contributed by atoms with E-state index >= 15 is 0 Å². The number of benzene rings is 2. The predicted octanol–water partition coefficient (Wildman–Crippen LogP) is 6.24.